The molecule has 2 N–H and O–H groups in total. The lowest BCUT2D eigenvalue weighted by atomic mass is 9.64. The lowest BCUT2D eigenvalue weighted by Gasteiger charge is -2.36. The molecule has 4 unspecified atom stereocenters. The molecule has 0 bridgehead atoms. The fourth-order valence-corrected chi connectivity index (χ4v) is 5.26. The van der Waals surface area contributed by atoms with Crippen molar-refractivity contribution >= 4 is 17.6 Å². The molecule has 1 saturated carbocycles. The molecular formula is C30H29NO9. The number of carbonyl (C=O) groups is 2. The van der Waals surface area contributed by atoms with Crippen molar-refractivity contribution in [2.75, 3.05) is 21.3 Å². The first kappa shape index (κ1) is 28.2. The molecule has 4 rings (SSSR count). The van der Waals surface area contributed by atoms with Gasteiger partial charge in [0.05, 0.1) is 39.1 Å². The molecule has 10 nitrogen and oxygen atoms in total. The molecular weight excluding hydrogens is 518 g/mol. The van der Waals surface area contributed by atoms with E-state index in [4.69, 9.17) is 14.2 Å². The number of phenolic OH excluding ortho intramolecular Hbond substituents is 2. The second kappa shape index (κ2) is 11.9. The molecule has 3 aromatic rings. The van der Waals surface area contributed by atoms with E-state index in [9.17, 15) is 29.9 Å². The van der Waals surface area contributed by atoms with Crippen LogP contribution in [0.25, 0.3) is 6.08 Å². The van der Waals surface area contributed by atoms with Crippen molar-refractivity contribution < 1.29 is 38.9 Å². The first-order chi connectivity index (χ1) is 19.2. The maximum atomic E-state index is 13.6. The van der Waals surface area contributed by atoms with Gasteiger partial charge in [0.15, 0.2) is 28.8 Å². The number of phenols is 2. The largest absolute Gasteiger partial charge is 0.504 e. The monoisotopic (exact) mass is 547 g/mol. The van der Waals surface area contributed by atoms with Crippen molar-refractivity contribution in [1.82, 2.24) is 0 Å². The molecule has 208 valence electrons. The lowest BCUT2D eigenvalue weighted by molar-refractivity contribution is -0.533. The number of benzene rings is 3. The predicted octanol–water partition coefficient (Wildman–Crippen LogP) is 4.51. The number of ether oxygens (including phenoxy) is 3. The number of aromatic hydroxyl groups is 2. The maximum absolute atomic E-state index is 13.6. The van der Waals surface area contributed by atoms with E-state index in [0.29, 0.717) is 22.4 Å². The van der Waals surface area contributed by atoms with E-state index in [1.54, 1.807) is 30.3 Å². The Hall–Kier alpha value is -4.86. The molecule has 1 aliphatic carbocycles. The van der Waals surface area contributed by atoms with Gasteiger partial charge >= 0.3 is 0 Å². The highest BCUT2D eigenvalue weighted by Gasteiger charge is 2.54. The van der Waals surface area contributed by atoms with E-state index in [-0.39, 0.29) is 29.4 Å². The minimum Gasteiger partial charge on any atom is -0.504 e. The molecule has 1 aliphatic rings. The fourth-order valence-electron chi connectivity index (χ4n) is 5.26. The van der Waals surface area contributed by atoms with Crippen LogP contribution in [0.1, 0.15) is 34.9 Å². The summed E-state index contributed by atoms with van der Waals surface area (Å²) in [6.07, 6.45) is 2.45. The highest BCUT2D eigenvalue weighted by molar-refractivity contribution is 6.10. The summed E-state index contributed by atoms with van der Waals surface area (Å²) in [6.45, 7) is 0. The van der Waals surface area contributed by atoms with Crippen molar-refractivity contribution in [3.63, 3.8) is 0 Å². The van der Waals surface area contributed by atoms with Gasteiger partial charge in [0.25, 0.3) is 0 Å². The minimum atomic E-state index is -1.34. The van der Waals surface area contributed by atoms with Crippen molar-refractivity contribution in [2.45, 2.75) is 24.3 Å². The number of ketones is 2. The Morgan fingerprint density at radius 3 is 2.10 bits per heavy atom. The molecule has 4 atom stereocenters. The number of hydrogen-bond donors (Lipinski definition) is 2. The number of rotatable bonds is 9. The second-order valence-corrected chi connectivity index (χ2v) is 9.43. The zero-order chi connectivity index (χ0) is 29.0. The van der Waals surface area contributed by atoms with Crippen LogP contribution in [-0.2, 0) is 9.59 Å². The Balaban J connectivity index is 1.79. The van der Waals surface area contributed by atoms with Crippen LogP contribution in [0.5, 0.6) is 28.7 Å². The van der Waals surface area contributed by atoms with Gasteiger partial charge in [0.2, 0.25) is 6.04 Å². The smallest absolute Gasteiger partial charge is 0.228 e. The third kappa shape index (κ3) is 5.61. The average molecular weight is 548 g/mol. The summed E-state index contributed by atoms with van der Waals surface area (Å²) in [7, 11) is 4.25. The molecule has 0 heterocycles. The Morgan fingerprint density at radius 1 is 0.900 bits per heavy atom. The third-order valence-corrected chi connectivity index (χ3v) is 7.23. The number of methoxy groups -OCH3 is 3. The summed E-state index contributed by atoms with van der Waals surface area (Å²) in [6, 6.07) is 14.1. The Labute approximate surface area is 230 Å². The Kier molecular flexibility index (Phi) is 8.37. The van der Waals surface area contributed by atoms with Crippen molar-refractivity contribution in [3.05, 3.63) is 93.5 Å². The quantitative estimate of drug-likeness (QED) is 0.171. The van der Waals surface area contributed by atoms with E-state index in [0.717, 1.165) is 0 Å². The van der Waals surface area contributed by atoms with Gasteiger partial charge in [-0.3, -0.25) is 19.7 Å². The molecule has 1 fully saturated rings. The molecule has 3 aromatic carbocycles. The van der Waals surface area contributed by atoms with E-state index < -0.39 is 40.3 Å². The number of nitro groups is 1. The normalized spacial score (nSPS) is 20.7. The van der Waals surface area contributed by atoms with Crippen molar-refractivity contribution in [1.29, 1.82) is 0 Å². The zero-order valence-electron chi connectivity index (χ0n) is 22.1. The SMILES string of the molecule is COc1ccc(C2C(C(=O)/C=C/c3ccc(O)c(OC)c3)C(=O)CC(c3ccc(O)c(OC)c3)C2[N+](=O)[O-])cc1. The highest BCUT2D eigenvalue weighted by Crippen LogP contribution is 2.46. The van der Waals surface area contributed by atoms with Gasteiger partial charge in [-0.15, -0.1) is 0 Å². The first-order valence-corrected chi connectivity index (χ1v) is 12.4. The molecule has 10 heteroatoms. The van der Waals surface area contributed by atoms with Crippen LogP contribution in [0.2, 0.25) is 0 Å². The molecule has 0 amide bonds. The topological polar surface area (TPSA) is 145 Å². The van der Waals surface area contributed by atoms with Gasteiger partial charge in [-0.2, -0.15) is 0 Å². The summed E-state index contributed by atoms with van der Waals surface area (Å²) in [4.78, 5) is 39.4. The van der Waals surface area contributed by atoms with E-state index in [1.165, 1.54) is 63.8 Å². The highest BCUT2D eigenvalue weighted by atomic mass is 16.6. The van der Waals surface area contributed by atoms with Crippen LogP contribution in [-0.4, -0.2) is 54.1 Å². The van der Waals surface area contributed by atoms with Crippen LogP contribution in [0.3, 0.4) is 0 Å². The van der Waals surface area contributed by atoms with Crippen molar-refractivity contribution in [3.8, 4) is 28.7 Å². The van der Waals surface area contributed by atoms with Crippen LogP contribution >= 0.6 is 0 Å². The number of carbonyl (C=O) groups excluding carboxylic acids is 2. The van der Waals surface area contributed by atoms with Gasteiger partial charge in [-0.05, 0) is 59.2 Å². The summed E-state index contributed by atoms with van der Waals surface area (Å²) in [5, 5.41) is 32.5. The zero-order valence-corrected chi connectivity index (χ0v) is 22.1. The van der Waals surface area contributed by atoms with Gasteiger partial charge in [0.1, 0.15) is 11.5 Å². The molecule has 40 heavy (non-hydrogen) atoms. The average Bonchev–Trinajstić information content (AvgIpc) is 2.96. The molecule has 0 spiro atoms. The lowest BCUT2D eigenvalue weighted by Crippen LogP contribution is -2.48. The van der Waals surface area contributed by atoms with Gasteiger partial charge < -0.3 is 24.4 Å². The molecule has 0 aromatic heterocycles. The number of Topliss-reactive ketones (excluding diaryl/α,β-unsaturated/α-hetero) is 1. The van der Waals surface area contributed by atoms with Gasteiger partial charge in [-0.1, -0.05) is 30.3 Å². The molecule has 0 aliphatic heterocycles. The fraction of sp³-hybridized carbons (Fsp3) is 0.267. The first-order valence-electron chi connectivity index (χ1n) is 12.4. The summed E-state index contributed by atoms with van der Waals surface area (Å²) >= 11 is 0. The van der Waals surface area contributed by atoms with Crippen molar-refractivity contribution in [2.24, 2.45) is 5.92 Å². The maximum Gasteiger partial charge on any atom is 0.228 e. The number of hydrogen-bond acceptors (Lipinski definition) is 9. The summed E-state index contributed by atoms with van der Waals surface area (Å²) in [5.74, 6) is -3.64. The minimum absolute atomic E-state index is 0.0706. The molecule has 0 radical (unpaired) electrons. The summed E-state index contributed by atoms with van der Waals surface area (Å²) in [5.41, 5.74) is 1.43. The predicted molar refractivity (Wildman–Crippen MR) is 146 cm³/mol. The summed E-state index contributed by atoms with van der Waals surface area (Å²) < 4.78 is 15.5. The second-order valence-electron chi connectivity index (χ2n) is 9.43. The number of allylic oxidation sites excluding steroid dienone is 1. The van der Waals surface area contributed by atoms with E-state index in [2.05, 4.69) is 0 Å². The molecule has 0 saturated heterocycles. The van der Waals surface area contributed by atoms with E-state index >= 15 is 0 Å². The van der Waals surface area contributed by atoms with Crippen LogP contribution < -0.4 is 14.2 Å². The van der Waals surface area contributed by atoms with E-state index in [1.807, 2.05) is 0 Å². The third-order valence-electron chi connectivity index (χ3n) is 7.23. The van der Waals surface area contributed by atoms with Crippen LogP contribution in [0, 0.1) is 16.0 Å². The standard InChI is InChI=1S/C30H29NO9/c1-38-20-9-6-18(7-10-20)28-29(24(34)12-5-17-4-11-22(32)26(14-17)39-2)25(35)16-21(30(28)31(36)37)19-8-13-23(33)27(15-19)40-3/h4-15,21,28-30,32-33H,16H2,1-3H3/b12-5+. The number of nitrogens with zero attached hydrogens (tertiary/aromatic N) is 1. The van der Waals surface area contributed by atoms with Gasteiger partial charge in [0, 0.05) is 11.3 Å². The van der Waals surface area contributed by atoms with Gasteiger partial charge in [-0.25, -0.2) is 0 Å². The van der Waals surface area contributed by atoms with Crippen LogP contribution in [0.4, 0.5) is 0 Å². The Bertz CT molecular complexity index is 1450. The van der Waals surface area contributed by atoms with Crippen LogP contribution in [0.15, 0.2) is 66.7 Å². The Morgan fingerprint density at radius 2 is 1.50 bits per heavy atom.